The number of pyridine rings is 1. The first-order chi connectivity index (χ1) is 9.78. The molecule has 0 saturated carbocycles. The van der Waals surface area contributed by atoms with Crippen molar-refractivity contribution >= 4 is 5.97 Å². The van der Waals surface area contributed by atoms with Gasteiger partial charge in [-0.1, -0.05) is 0 Å². The van der Waals surface area contributed by atoms with E-state index in [0.29, 0.717) is 17.8 Å². The van der Waals surface area contributed by atoms with Gasteiger partial charge in [-0.25, -0.2) is 9.78 Å². The highest BCUT2D eigenvalue weighted by molar-refractivity contribution is 5.87. The summed E-state index contributed by atoms with van der Waals surface area (Å²) in [4.78, 5) is 15.5. The Kier molecular flexibility index (Phi) is 3.98. The van der Waals surface area contributed by atoms with Gasteiger partial charge in [0.15, 0.2) is 0 Å². The number of carbonyl (C=O) groups is 1. The van der Waals surface area contributed by atoms with Gasteiger partial charge >= 0.3 is 5.97 Å². The summed E-state index contributed by atoms with van der Waals surface area (Å²) in [6, 6.07) is 4.66. The summed E-state index contributed by atoms with van der Waals surface area (Å²) in [7, 11) is 1.38. The van der Waals surface area contributed by atoms with E-state index in [4.69, 9.17) is 9.47 Å². The Balaban J connectivity index is 1.59. The van der Waals surface area contributed by atoms with Gasteiger partial charge in [0.2, 0.25) is 0 Å². The van der Waals surface area contributed by atoms with E-state index in [-0.39, 0.29) is 5.97 Å². The van der Waals surface area contributed by atoms with E-state index in [1.165, 1.54) is 13.5 Å². The summed E-state index contributed by atoms with van der Waals surface area (Å²) >= 11 is 0. The second-order valence-corrected chi connectivity index (χ2v) is 5.51. The molecule has 2 aliphatic rings. The van der Waals surface area contributed by atoms with Gasteiger partial charge < -0.3 is 14.8 Å². The van der Waals surface area contributed by atoms with Gasteiger partial charge in [-0.15, -0.1) is 0 Å². The van der Waals surface area contributed by atoms with E-state index in [2.05, 4.69) is 10.3 Å². The minimum Gasteiger partial charge on any atom is -0.464 e. The zero-order valence-corrected chi connectivity index (χ0v) is 11.7. The van der Waals surface area contributed by atoms with Gasteiger partial charge in [0.25, 0.3) is 0 Å². The maximum absolute atomic E-state index is 11.5. The maximum Gasteiger partial charge on any atom is 0.356 e. The van der Waals surface area contributed by atoms with Crippen LogP contribution in [0.3, 0.4) is 0 Å². The molecule has 0 radical (unpaired) electrons. The summed E-state index contributed by atoms with van der Waals surface area (Å²) in [5, 5.41) is 3.50. The highest BCUT2D eigenvalue weighted by Gasteiger charge is 2.39. The SMILES string of the molecule is COC(=O)c1cc(C2NC2CC2CCOCC2)ccn1. The molecule has 0 bridgehead atoms. The van der Waals surface area contributed by atoms with Crippen molar-refractivity contribution in [3.05, 3.63) is 29.6 Å². The molecule has 1 aromatic heterocycles. The zero-order valence-electron chi connectivity index (χ0n) is 11.7. The van der Waals surface area contributed by atoms with E-state index in [0.717, 1.165) is 37.5 Å². The van der Waals surface area contributed by atoms with Crippen molar-refractivity contribution in [3.8, 4) is 0 Å². The number of ether oxygens (including phenoxy) is 2. The lowest BCUT2D eigenvalue weighted by atomic mass is 9.93. The van der Waals surface area contributed by atoms with E-state index >= 15 is 0 Å². The van der Waals surface area contributed by atoms with Crippen molar-refractivity contribution < 1.29 is 14.3 Å². The van der Waals surface area contributed by atoms with Crippen LogP contribution in [0.5, 0.6) is 0 Å². The summed E-state index contributed by atoms with van der Waals surface area (Å²) in [6.07, 6.45) is 5.18. The molecule has 20 heavy (non-hydrogen) atoms. The number of esters is 1. The van der Waals surface area contributed by atoms with Crippen LogP contribution in [-0.2, 0) is 9.47 Å². The van der Waals surface area contributed by atoms with E-state index in [9.17, 15) is 4.79 Å². The standard InChI is InChI=1S/C15H20N2O3/c1-19-15(18)13-9-11(2-5-16-13)14-12(17-14)8-10-3-6-20-7-4-10/h2,5,9-10,12,14,17H,3-4,6-8H2,1H3. The van der Waals surface area contributed by atoms with Crippen LogP contribution in [0, 0.1) is 5.92 Å². The number of methoxy groups -OCH3 is 1. The molecule has 0 amide bonds. The van der Waals surface area contributed by atoms with Gasteiger partial charge in [0.1, 0.15) is 5.69 Å². The molecule has 0 aliphatic carbocycles. The molecular formula is C15H20N2O3. The Labute approximate surface area is 118 Å². The lowest BCUT2D eigenvalue weighted by Crippen LogP contribution is -2.17. The average molecular weight is 276 g/mol. The van der Waals surface area contributed by atoms with Crippen LogP contribution in [0.25, 0.3) is 0 Å². The Bertz CT molecular complexity index is 486. The summed E-state index contributed by atoms with van der Waals surface area (Å²) < 4.78 is 10.1. The molecule has 3 rings (SSSR count). The number of rotatable bonds is 4. The van der Waals surface area contributed by atoms with E-state index < -0.39 is 0 Å². The average Bonchev–Trinajstić information content (AvgIpc) is 3.27. The van der Waals surface area contributed by atoms with Crippen molar-refractivity contribution in [2.75, 3.05) is 20.3 Å². The molecule has 108 valence electrons. The van der Waals surface area contributed by atoms with Crippen LogP contribution in [0.2, 0.25) is 0 Å². The minimum absolute atomic E-state index is 0.351. The smallest absolute Gasteiger partial charge is 0.356 e. The molecule has 1 N–H and O–H groups in total. The molecular weight excluding hydrogens is 256 g/mol. The summed E-state index contributed by atoms with van der Waals surface area (Å²) in [6.45, 7) is 1.79. The minimum atomic E-state index is -0.381. The van der Waals surface area contributed by atoms with Crippen LogP contribution < -0.4 is 5.32 Å². The van der Waals surface area contributed by atoms with Crippen molar-refractivity contribution in [1.82, 2.24) is 10.3 Å². The van der Waals surface area contributed by atoms with Crippen molar-refractivity contribution in [3.63, 3.8) is 0 Å². The summed E-state index contributed by atoms with van der Waals surface area (Å²) in [5.41, 5.74) is 1.50. The highest BCUT2D eigenvalue weighted by atomic mass is 16.5. The molecule has 5 nitrogen and oxygen atoms in total. The van der Waals surface area contributed by atoms with Gasteiger partial charge in [-0.2, -0.15) is 0 Å². The molecule has 0 aromatic carbocycles. The zero-order chi connectivity index (χ0) is 13.9. The Morgan fingerprint density at radius 1 is 1.50 bits per heavy atom. The molecule has 3 heterocycles. The summed E-state index contributed by atoms with van der Waals surface area (Å²) in [5.74, 6) is 0.377. The van der Waals surface area contributed by atoms with Crippen LogP contribution >= 0.6 is 0 Å². The number of hydrogen-bond acceptors (Lipinski definition) is 5. The van der Waals surface area contributed by atoms with Gasteiger partial charge in [-0.05, 0) is 42.9 Å². The van der Waals surface area contributed by atoms with Crippen LogP contribution in [-0.4, -0.2) is 37.3 Å². The predicted octanol–water partition coefficient (Wildman–Crippen LogP) is 1.70. The van der Waals surface area contributed by atoms with Gasteiger partial charge in [-0.3, -0.25) is 0 Å². The molecule has 1 aromatic rings. The number of carbonyl (C=O) groups excluding carboxylic acids is 1. The molecule has 2 saturated heterocycles. The quantitative estimate of drug-likeness (QED) is 0.669. The van der Waals surface area contributed by atoms with E-state index in [1.807, 2.05) is 12.1 Å². The van der Waals surface area contributed by atoms with Crippen molar-refractivity contribution in [2.45, 2.75) is 31.3 Å². The third-order valence-electron chi connectivity index (χ3n) is 4.15. The second-order valence-electron chi connectivity index (χ2n) is 5.51. The lowest BCUT2D eigenvalue weighted by molar-refractivity contribution is 0.0593. The van der Waals surface area contributed by atoms with Crippen molar-refractivity contribution in [2.24, 2.45) is 5.92 Å². The predicted molar refractivity (Wildman–Crippen MR) is 73.4 cm³/mol. The molecule has 2 fully saturated rings. The number of nitrogens with one attached hydrogen (secondary N) is 1. The molecule has 2 unspecified atom stereocenters. The molecule has 2 aliphatic heterocycles. The topological polar surface area (TPSA) is 70.4 Å². The third kappa shape index (κ3) is 2.99. The second kappa shape index (κ2) is 5.89. The molecule has 5 heteroatoms. The fraction of sp³-hybridized carbons (Fsp3) is 0.600. The number of hydrogen-bond donors (Lipinski definition) is 1. The number of nitrogens with zero attached hydrogens (tertiary/aromatic N) is 1. The van der Waals surface area contributed by atoms with Crippen LogP contribution in [0.4, 0.5) is 0 Å². The Hall–Kier alpha value is -1.46. The van der Waals surface area contributed by atoms with E-state index in [1.54, 1.807) is 6.20 Å². The van der Waals surface area contributed by atoms with Crippen molar-refractivity contribution in [1.29, 1.82) is 0 Å². The number of aromatic nitrogens is 1. The normalized spacial score (nSPS) is 26.2. The fourth-order valence-corrected chi connectivity index (χ4v) is 2.91. The third-order valence-corrected chi connectivity index (χ3v) is 4.15. The van der Waals surface area contributed by atoms with Crippen LogP contribution in [0.1, 0.15) is 41.4 Å². The monoisotopic (exact) mass is 276 g/mol. The first kappa shape index (κ1) is 13.5. The Morgan fingerprint density at radius 3 is 3.05 bits per heavy atom. The highest BCUT2D eigenvalue weighted by Crippen LogP contribution is 2.36. The largest absolute Gasteiger partial charge is 0.464 e. The molecule has 2 atom stereocenters. The fourth-order valence-electron chi connectivity index (χ4n) is 2.91. The first-order valence-corrected chi connectivity index (χ1v) is 7.16. The van der Waals surface area contributed by atoms with Crippen LogP contribution in [0.15, 0.2) is 18.3 Å². The first-order valence-electron chi connectivity index (χ1n) is 7.16. The Morgan fingerprint density at radius 2 is 2.30 bits per heavy atom. The van der Waals surface area contributed by atoms with Gasteiger partial charge in [0.05, 0.1) is 7.11 Å². The van der Waals surface area contributed by atoms with Gasteiger partial charge in [0, 0.05) is 31.5 Å². The molecule has 0 spiro atoms. The maximum atomic E-state index is 11.5. The lowest BCUT2D eigenvalue weighted by Gasteiger charge is -2.21.